The van der Waals surface area contributed by atoms with Crippen molar-refractivity contribution in [3.63, 3.8) is 0 Å². The zero-order chi connectivity index (χ0) is 11.5. The molecule has 0 atom stereocenters. The highest BCUT2D eigenvalue weighted by Gasteiger charge is 2.06. The molecule has 0 bridgehead atoms. The van der Waals surface area contributed by atoms with Gasteiger partial charge in [0.15, 0.2) is 0 Å². The van der Waals surface area contributed by atoms with Crippen LogP contribution >= 0.6 is 0 Å². The molecule has 5 nitrogen and oxygen atoms in total. The summed E-state index contributed by atoms with van der Waals surface area (Å²) >= 11 is 0. The van der Waals surface area contributed by atoms with Crippen LogP contribution in [-0.4, -0.2) is 63.0 Å². The average Bonchev–Trinajstić information content (AvgIpc) is 2.21. The molecule has 0 aliphatic heterocycles. The van der Waals surface area contributed by atoms with Gasteiger partial charge in [0.05, 0.1) is 13.0 Å². The van der Waals surface area contributed by atoms with Gasteiger partial charge >= 0.3 is 5.97 Å². The first-order chi connectivity index (χ1) is 7.20. The number of carboxylic acid groups (broad SMARTS) is 1. The van der Waals surface area contributed by atoms with Crippen LogP contribution in [0.25, 0.3) is 0 Å². The highest BCUT2D eigenvalue weighted by molar-refractivity contribution is 5.66. The summed E-state index contributed by atoms with van der Waals surface area (Å²) in [6.07, 6.45) is 1.09. The van der Waals surface area contributed by atoms with Gasteiger partial charge in [-0.1, -0.05) is 0 Å². The van der Waals surface area contributed by atoms with Crippen molar-refractivity contribution in [1.82, 2.24) is 4.90 Å². The molecule has 1 N–H and O–H groups in total. The summed E-state index contributed by atoms with van der Waals surface area (Å²) < 4.78 is 9.91. The van der Waals surface area contributed by atoms with Gasteiger partial charge in [0.1, 0.15) is 0 Å². The molecule has 0 rings (SSSR count). The topological polar surface area (TPSA) is 59.0 Å². The molecule has 0 fully saturated rings. The third-order valence-electron chi connectivity index (χ3n) is 2.08. The number of aliphatic carboxylic acids is 1. The zero-order valence-corrected chi connectivity index (χ0v) is 9.57. The SMILES string of the molecule is COCCCN(CCOC)CCC(=O)O. The fraction of sp³-hybridized carbons (Fsp3) is 0.900. The van der Waals surface area contributed by atoms with Crippen LogP contribution < -0.4 is 0 Å². The number of carbonyl (C=O) groups is 1. The fourth-order valence-corrected chi connectivity index (χ4v) is 1.24. The van der Waals surface area contributed by atoms with Crippen LogP contribution in [0.2, 0.25) is 0 Å². The van der Waals surface area contributed by atoms with Gasteiger partial charge in [-0.2, -0.15) is 0 Å². The summed E-state index contributed by atoms with van der Waals surface area (Å²) in [4.78, 5) is 12.5. The summed E-state index contributed by atoms with van der Waals surface area (Å²) in [5.41, 5.74) is 0. The number of rotatable bonds is 10. The lowest BCUT2D eigenvalue weighted by Gasteiger charge is -2.20. The number of methoxy groups -OCH3 is 2. The summed E-state index contributed by atoms with van der Waals surface area (Å²) in [6, 6.07) is 0. The van der Waals surface area contributed by atoms with Crippen LogP contribution in [0, 0.1) is 0 Å². The number of carboxylic acids is 1. The molecule has 0 amide bonds. The van der Waals surface area contributed by atoms with Crippen molar-refractivity contribution in [2.45, 2.75) is 12.8 Å². The molecule has 0 aromatic heterocycles. The van der Waals surface area contributed by atoms with E-state index in [4.69, 9.17) is 14.6 Å². The Morgan fingerprint density at radius 1 is 1.13 bits per heavy atom. The molecule has 0 saturated heterocycles. The second-order valence-corrected chi connectivity index (χ2v) is 3.32. The Kier molecular flexibility index (Phi) is 9.46. The van der Waals surface area contributed by atoms with E-state index in [1.165, 1.54) is 0 Å². The number of ether oxygens (including phenoxy) is 2. The van der Waals surface area contributed by atoms with Crippen molar-refractivity contribution >= 4 is 5.97 Å². The predicted molar refractivity (Wildman–Crippen MR) is 57.1 cm³/mol. The first kappa shape index (κ1) is 14.3. The molecule has 0 aromatic carbocycles. The molecule has 15 heavy (non-hydrogen) atoms. The van der Waals surface area contributed by atoms with Gasteiger partial charge in [-0.25, -0.2) is 0 Å². The Bertz CT molecular complexity index is 164. The Morgan fingerprint density at radius 2 is 1.80 bits per heavy atom. The van der Waals surface area contributed by atoms with Gasteiger partial charge in [0.2, 0.25) is 0 Å². The van der Waals surface area contributed by atoms with Crippen molar-refractivity contribution < 1.29 is 19.4 Å². The van der Waals surface area contributed by atoms with Crippen LogP contribution in [0.1, 0.15) is 12.8 Å². The second-order valence-electron chi connectivity index (χ2n) is 3.32. The predicted octanol–water partition coefficient (Wildman–Crippen LogP) is 0.446. The van der Waals surface area contributed by atoms with Gasteiger partial charge in [-0.15, -0.1) is 0 Å². The van der Waals surface area contributed by atoms with Crippen LogP contribution in [0.15, 0.2) is 0 Å². The van der Waals surface area contributed by atoms with E-state index in [0.29, 0.717) is 19.8 Å². The number of hydrogen-bond donors (Lipinski definition) is 1. The van der Waals surface area contributed by atoms with Crippen molar-refractivity contribution in [3.05, 3.63) is 0 Å². The lowest BCUT2D eigenvalue weighted by molar-refractivity contribution is -0.137. The van der Waals surface area contributed by atoms with Gasteiger partial charge in [0, 0.05) is 40.5 Å². The molecule has 5 heteroatoms. The van der Waals surface area contributed by atoms with Crippen molar-refractivity contribution in [1.29, 1.82) is 0 Å². The Hall–Kier alpha value is -0.650. The van der Waals surface area contributed by atoms with Crippen LogP contribution in [0.4, 0.5) is 0 Å². The largest absolute Gasteiger partial charge is 0.481 e. The maximum Gasteiger partial charge on any atom is 0.304 e. The highest BCUT2D eigenvalue weighted by Crippen LogP contribution is 1.95. The van der Waals surface area contributed by atoms with E-state index in [-0.39, 0.29) is 6.42 Å². The molecular weight excluding hydrogens is 198 g/mol. The lowest BCUT2D eigenvalue weighted by Crippen LogP contribution is -2.31. The van der Waals surface area contributed by atoms with E-state index in [9.17, 15) is 4.79 Å². The molecule has 0 saturated carbocycles. The monoisotopic (exact) mass is 219 g/mol. The summed E-state index contributed by atoms with van der Waals surface area (Å²) in [6.45, 7) is 3.53. The molecule has 0 aliphatic carbocycles. The third-order valence-corrected chi connectivity index (χ3v) is 2.08. The maximum atomic E-state index is 10.4. The van der Waals surface area contributed by atoms with Crippen LogP contribution in [-0.2, 0) is 14.3 Å². The van der Waals surface area contributed by atoms with Crippen molar-refractivity contribution in [2.24, 2.45) is 0 Å². The van der Waals surface area contributed by atoms with Crippen LogP contribution in [0.3, 0.4) is 0 Å². The van der Waals surface area contributed by atoms with E-state index >= 15 is 0 Å². The Balaban J connectivity index is 3.67. The zero-order valence-electron chi connectivity index (χ0n) is 9.57. The quantitative estimate of drug-likeness (QED) is 0.540. The normalized spacial score (nSPS) is 10.9. The molecule has 0 aromatic rings. The maximum absolute atomic E-state index is 10.4. The molecule has 0 unspecified atom stereocenters. The highest BCUT2D eigenvalue weighted by atomic mass is 16.5. The average molecular weight is 219 g/mol. The third kappa shape index (κ3) is 9.65. The molecule has 0 heterocycles. The van der Waals surface area contributed by atoms with Gasteiger partial charge in [-0.3, -0.25) is 4.79 Å². The number of nitrogens with zero attached hydrogens (tertiary/aromatic N) is 1. The van der Waals surface area contributed by atoms with Gasteiger partial charge in [-0.05, 0) is 6.42 Å². The summed E-state index contributed by atoms with van der Waals surface area (Å²) in [5.74, 6) is -0.760. The van der Waals surface area contributed by atoms with Gasteiger partial charge < -0.3 is 19.5 Å². The van der Waals surface area contributed by atoms with E-state index in [1.54, 1.807) is 14.2 Å². The minimum absolute atomic E-state index is 0.177. The minimum atomic E-state index is -0.760. The Morgan fingerprint density at radius 3 is 2.33 bits per heavy atom. The fourth-order valence-electron chi connectivity index (χ4n) is 1.24. The molecular formula is C10H21NO4. The van der Waals surface area contributed by atoms with Crippen molar-refractivity contribution in [3.8, 4) is 0 Å². The summed E-state index contributed by atoms with van der Waals surface area (Å²) in [5, 5.41) is 8.58. The Labute approximate surface area is 91.0 Å². The summed E-state index contributed by atoms with van der Waals surface area (Å²) in [7, 11) is 3.31. The van der Waals surface area contributed by atoms with E-state index < -0.39 is 5.97 Å². The smallest absolute Gasteiger partial charge is 0.304 e. The molecule has 0 spiro atoms. The van der Waals surface area contributed by atoms with E-state index in [1.807, 2.05) is 0 Å². The van der Waals surface area contributed by atoms with Crippen molar-refractivity contribution in [2.75, 3.05) is 47.1 Å². The first-order valence-electron chi connectivity index (χ1n) is 5.12. The molecule has 90 valence electrons. The lowest BCUT2D eigenvalue weighted by atomic mass is 10.3. The van der Waals surface area contributed by atoms with Crippen LogP contribution in [0.5, 0.6) is 0 Å². The van der Waals surface area contributed by atoms with E-state index in [2.05, 4.69) is 4.90 Å². The van der Waals surface area contributed by atoms with E-state index in [0.717, 1.165) is 19.5 Å². The molecule has 0 radical (unpaired) electrons. The molecule has 0 aliphatic rings. The number of hydrogen-bond acceptors (Lipinski definition) is 4. The minimum Gasteiger partial charge on any atom is -0.481 e. The van der Waals surface area contributed by atoms with Gasteiger partial charge in [0.25, 0.3) is 0 Å². The second kappa shape index (κ2) is 9.89. The standard InChI is InChI=1S/C10H21NO4/c1-14-8-3-5-11(7-9-15-2)6-4-10(12)13/h3-9H2,1-2H3,(H,12,13). The first-order valence-corrected chi connectivity index (χ1v) is 5.12.